The van der Waals surface area contributed by atoms with Crippen molar-refractivity contribution in [1.82, 2.24) is 9.88 Å². The van der Waals surface area contributed by atoms with Crippen LogP contribution in [0, 0.1) is 6.92 Å². The first-order valence-electron chi connectivity index (χ1n) is 4.88. The van der Waals surface area contributed by atoms with Gasteiger partial charge in [-0.1, -0.05) is 5.16 Å². The van der Waals surface area contributed by atoms with Gasteiger partial charge in [-0.3, -0.25) is 0 Å². The third-order valence-electron chi connectivity index (χ3n) is 1.96. The molecule has 0 fully saturated rings. The van der Waals surface area contributed by atoms with Gasteiger partial charge in [-0.15, -0.1) is 0 Å². The molecular weight excluding hydrogens is 230 g/mol. The number of nitrogens with zero attached hydrogens (tertiary/aromatic N) is 1. The number of hydrogen-bond acceptors (Lipinski definition) is 5. The van der Waals surface area contributed by atoms with Crippen LogP contribution in [0.3, 0.4) is 0 Å². The summed E-state index contributed by atoms with van der Waals surface area (Å²) in [6, 6.07) is 1.59. The Morgan fingerprint density at radius 1 is 1.56 bits per heavy atom. The standard InChI is InChI=1S/C9H17N3O3S/c1-7-4-8(11-15-7)5-16(13,14)12-9(2,3)6-10/h4,12H,5-6,10H2,1-3H3. The molecule has 0 aromatic carbocycles. The maximum Gasteiger partial charge on any atom is 0.218 e. The Hall–Kier alpha value is -0.920. The van der Waals surface area contributed by atoms with Crippen molar-refractivity contribution in [2.75, 3.05) is 6.54 Å². The minimum atomic E-state index is -3.44. The number of aryl methyl sites for hydroxylation is 1. The zero-order valence-corrected chi connectivity index (χ0v) is 10.5. The van der Waals surface area contributed by atoms with E-state index in [2.05, 4.69) is 9.88 Å². The predicted octanol–water partition coefficient (Wildman–Crippen LogP) is 0.140. The molecule has 1 heterocycles. The Morgan fingerprint density at radius 2 is 2.19 bits per heavy atom. The minimum Gasteiger partial charge on any atom is -0.361 e. The topological polar surface area (TPSA) is 98.2 Å². The molecule has 1 aromatic heterocycles. The van der Waals surface area contributed by atoms with Gasteiger partial charge in [0.2, 0.25) is 10.0 Å². The van der Waals surface area contributed by atoms with Crippen LogP contribution in [0.5, 0.6) is 0 Å². The Bertz CT molecular complexity index is 450. The summed E-state index contributed by atoms with van der Waals surface area (Å²) in [5.74, 6) is 0.386. The Labute approximate surface area is 95.2 Å². The molecule has 0 bridgehead atoms. The van der Waals surface area contributed by atoms with Crippen LogP contribution in [-0.4, -0.2) is 25.7 Å². The molecule has 0 aliphatic heterocycles. The van der Waals surface area contributed by atoms with E-state index in [1.165, 1.54) is 0 Å². The maximum atomic E-state index is 11.7. The monoisotopic (exact) mass is 247 g/mol. The van der Waals surface area contributed by atoms with Gasteiger partial charge in [-0.25, -0.2) is 13.1 Å². The van der Waals surface area contributed by atoms with Crippen LogP contribution in [0.25, 0.3) is 0 Å². The lowest BCUT2D eigenvalue weighted by atomic mass is 10.1. The molecule has 0 aliphatic carbocycles. The molecule has 0 saturated carbocycles. The van der Waals surface area contributed by atoms with Gasteiger partial charge in [-0.2, -0.15) is 0 Å². The molecule has 6 nitrogen and oxygen atoms in total. The van der Waals surface area contributed by atoms with Crippen LogP contribution in [0.15, 0.2) is 10.6 Å². The van der Waals surface area contributed by atoms with E-state index >= 15 is 0 Å². The van der Waals surface area contributed by atoms with Crippen LogP contribution in [0.4, 0.5) is 0 Å². The van der Waals surface area contributed by atoms with Gasteiger partial charge < -0.3 is 10.3 Å². The molecule has 7 heteroatoms. The summed E-state index contributed by atoms with van der Waals surface area (Å²) >= 11 is 0. The summed E-state index contributed by atoms with van der Waals surface area (Å²) < 4.78 is 30.8. The van der Waals surface area contributed by atoms with E-state index in [0.717, 1.165) is 0 Å². The fourth-order valence-electron chi connectivity index (χ4n) is 1.18. The first kappa shape index (κ1) is 13.1. The van der Waals surface area contributed by atoms with E-state index in [4.69, 9.17) is 10.3 Å². The lowest BCUT2D eigenvalue weighted by molar-refractivity contribution is 0.391. The summed E-state index contributed by atoms with van der Waals surface area (Å²) in [5.41, 5.74) is 5.18. The number of sulfonamides is 1. The SMILES string of the molecule is Cc1cc(CS(=O)(=O)NC(C)(C)CN)no1. The highest BCUT2D eigenvalue weighted by atomic mass is 32.2. The van der Waals surface area contributed by atoms with Crippen molar-refractivity contribution < 1.29 is 12.9 Å². The second kappa shape index (κ2) is 4.52. The van der Waals surface area contributed by atoms with Gasteiger partial charge in [0.15, 0.2) is 0 Å². The molecule has 3 N–H and O–H groups in total. The third kappa shape index (κ3) is 3.92. The Kier molecular flexibility index (Phi) is 3.72. The highest BCUT2D eigenvalue weighted by molar-refractivity contribution is 7.88. The number of nitrogens with one attached hydrogen (secondary N) is 1. The van der Waals surface area contributed by atoms with Crippen LogP contribution in [-0.2, 0) is 15.8 Å². The van der Waals surface area contributed by atoms with Gasteiger partial charge in [0, 0.05) is 18.2 Å². The Morgan fingerprint density at radius 3 is 2.62 bits per heavy atom. The maximum absolute atomic E-state index is 11.7. The number of aromatic nitrogens is 1. The second-order valence-corrected chi connectivity index (χ2v) is 6.10. The molecular formula is C9H17N3O3S. The molecule has 0 aliphatic rings. The van der Waals surface area contributed by atoms with Crippen molar-refractivity contribution in [2.24, 2.45) is 5.73 Å². The number of nitrogens with two attached hydrogens (primary N) is 1. The fraction of sp³-hybridized carbons (Fsp3) is 0.667. The highest BCUT2D eigenvalue weighted by Gasteiger charge is 2.24. The lowest BCUT2D eigenvalue weighted by Crippen LogP contribution is -2.49. The van der Waals surface area contributed by atoms with Gasteiger partial charge in [-0.05, 0) is 20.8 Å². The van der Waals surface area contributed by atoms with Crippen molar-refractivity contribution >= 4 is 10.0 Å². The quantitative estimate of drug-likeness (QED) is 0.771. The first-order chi connectivity index (χ1) is 7.24. The Balaban J connectivity index is 2.73. The van der Waals surface area contributed by atoms with E-state index in [0.29, 0.717) is 11.5 Å². The summed E-state index contributed by atoms with van der Waals surface area (Å²) in [6.07, 6.45) is 0. The number of hydrogen-bond donors (Lipinski definition) is 2. The summed E-state index contributed by atoms with van der Waals surface area (Å²) in [4.78, 5) is 0. The molecule has 0 unspecified atom stereocenters. The van der Waals surface area contributed by atoms with Crippen LogP contribution < -0.4 is 10.5 Å². The predicted molar refractivity (Wildman–Crippen MR) is 60.1 cm³/mol. The third-order valence-corrected chi connectivity index (χ3v) is 3.50. The van der Waals surface area contributed by atoms with Gasteiger partial charge in [0.25, 0.3) is 0 Å². The molecule has 0 spiro atoms. The minimum absolute atomic E-state index is 0.201. The first-order valence-corrected chi connectivity index (χ1v) is 6.53. The largest absolute Gasteiger partial charge is 0.361 e. The normalized spacial score (nSPS) is 13.0. The van der Waals surface area contributed by atoms with Gasteiger partial charge in [0.1, 0.15) is 17.2 Å². The van der Waals surface area contributed by atoms with Gasteiger partial charge in [0.05, 0.1) is 0 Å². The smallest absolute Gasteiger partial charge is 0.218 e. The van der Waals surface area contributed by atoms with E-state index in [9.17, 15) is 8.42 Å². The van der Waals surface area contributed by atoms with Crippen molar-refractivity contribution in [3.05, 3.63) is 17.5 Å². The van der Waals surface area contributed by atoms with Crippen molar-refractivity contribution in [3.63, 3.8) is 0 Å². The van der Waals surface area contributed by atoms with Crippen LogP contribution >= 0.6 is 0 Å². The average Bonchev–Trinajstić information content (AvgIpc) is 2.48. The van der Waals surface area contributed by atoms with E-state index < -0.39 is 15.6 Å². The molecule has 0 amide bonds. The molecule has 92 valence electrons. The zero-order valence-electron chi connectivity index (χ0n) is 9.65. The zero-order chi connectivity index (χ0) is 12.4. The molecule has 1 aromatic rings. The summed E-state index contributed by atoms with van der Waals surface area (Å²) in [7, 11) is -3.44. The van der Waals surface area contributed by atoms with E-state index in [1.54, 1.807) is 26.8 Å². The molecule has 1 rings (SSSR count). The van der Waals surface area contributed by atoms with E-state index in [-0.39, 0.29) is 12.3 Å². The van der Waals surface area contributed by atoms with Crippen LogP contribution in [0.1, 0.15) is 25.3 Å². The molecule has 16 heavy (non-hydrogen) atoms. The number of rotatable bonds is 5. The summed E-state index contributed by atoms with van der Waals surface area (Å²) in [6.45, 7) is 5.38. The van der Waals surface area contributed by atoms with Crippen LogP contribution in [0.2, 0.25) is 0 Å². The van der Waals surface area contributed by atoms with Crippen molar-refractivity contribution in [1.29, 1.82) is 0 Å². The summed E-state index contributed by atoms with van der Waals surface area (Å²) in [5, 5.41) is 3.63. The van der Waals surface area contributed by atoms with Crippen molar-refractivity contribution in [3.8, 4) is 0 Å². The lowest BCUT2D eigenvalue weighted by Gasteiger charge is -2.23. The average molecular weight is 247 g/mol. The molecule has 0 radical (unpaired) electrons. The fourth-order valence-corrected chi connectivity index (χ4v) is 2.70. The highest BCUT2D eigenvalue weighted by Crippen LogP contribution is 2.09. The van der Waals surface area contributed by atoms with Gasteiger partial charge >= 0.3 is 0 Å². The molecule has 0 saturated heterocycles. The van der Waals surface area contributed by atoms with Crippen molar-refractivity contribution in [2.45, 2.75) is 32.1 Å². The second-order valence-electron chi connectivity index (χ2n) is 4.38. The van der Waals surface area contributed by atoms with E-state index in [1.807, 2.05) is 0 Å². The molecule has 0 atom stereocenters.